The summed E-state index contributed by atoms with van der Waals surface area (Å²) in [6, 6.07) is -0.163. The van der Waals surface area contributed by atoms with E-state index < -0.39 is 10.8 Å². The third kappa shape index (κ3) is 2.90. The van der Waals surface area contributed by atoms with Gasteiger partial charge in [-0.1, -0.05) is 0 Å². The number of carbonyl (C=O) groups is 1. The molecule has 2 unspecified atom stereocenters. The number of aromatic amines is 1. The Morgan fingerprint density at radius 2 is 2.33 bits per heavy atom. The van der Waals surface area contributed by atoms with Gasteiger partial charge in [0.05, 0.1) is 11.4 Å². The lowest BCUT2D eigenvalue weighted by atomic mass is 10.2. The number of nitrogens with zero attached hydrogens (tertiary/aromatic N) is 1. The van der Waals surface area contributed by atoms with Crippen LogP contribution in [0.15, 0.2) is 0 Å². The minimum atomic E-state index is -0.940. The van der Waals surface area contributed by atoms with E-state index in [9.17, 15) is 9.00 Å². The van der Waals surface area contributed by atoms with Crippen LogP contribution in [0.2, 0.25) is 0 Å². The van der Waals surface area contributed by atoms with Crippen LogP contribution in [0.1, 0.15) is 41.9 Å². The average Bonchev–Trinajstić information content (AvgIpc) is 3.01. The molecule has 0 aromatic carbocycles. The summed E-state index contributed by atoms with van der Waals surface area (Å²) in [4.78, 5) is 11.9. The van der Waals surface area contributed by atoms with Crippen molar-refractivity contribution in [3.8, 4) is 0 Å². The summed E-state index contributed by atoms with van der Waals surface area (Å²) in [6.45, 7) is 1.81. The van der Waals surface area contributed by atoms with Crippen LogP contribution in [-0.2, 0) is 10.8 Å². The van der Waals surface area contributed by atoms with Gasteiger partial charge in [-0.05, 0) is 19.8 Å². The zero-order valence-electron chi connectivity index (χ0n) is 10.5. The smallest absolute Gasteiger partial charge is 0.274 e. The van der Waals surface area contributed by atoms with Gasteiger partial charge in [0.25, 0.3) is 5.91 Å². The molecule has 1 fully saturated rings. The van der Waals surface area contributed by atoms with Crippen LogP contribution >= 0.6 is 0 Å². The lowest BCUT2D eigenvalue weighted by Gasteiger charge is -2.11. The van der Waals surface area contributed by atoms with Crippen molar-refractivity contribution in [1.82, 2.24) is 15.5 Å². The summed E-state index contributed by atoms with van der Waals surface area (Å²) in [5.41, 5.74) is 7.46. The molecule has 1 saturated carbocycles. The first-order valence-electron chi connectivity index (χ1n) is 5.93. The fraction of sp³-hybridized carbons (Fsp3) is 0.636. The summed E-state index contributed by atoms with van der Waals surface area (Å²) in [6.07, 6.45) is 3.80. The molecule has 1 aliphatic carbocycles. The average molecular weight is 270 g/mol. The Bertz CT molecular complexity index is 481. The molecule has 2 rings (SSSR count). The fourth-order valence-electron chi connectivity index (χ4n) is 1.91. The van der Waals surface area contributed by atoms with Gasteiger partial charge in [-0.3, -0.25) is 14.1 Å². The van der Waals surface area contributed by atoms with Crippen LogP contribution < -0.4 is 11.1 Å². The molecule has 1 heterocycles. The van der Waals surface area contributed by atoms with Gasteiger partial charge < -0.3 is 11.1 Å². The maximum absolute atomic E-state index is 11.9. The number of rotatable bonds is 5. The summed E-state index contributed by atoms with van der Waals surface area (Å²) in [5, 5.41) is 9.55. The first-order chi connectivity index (χ1) is 8.49. The van der Waals surface area contributed by atoms with E-state index in [1.165, 1.54) is 0 Å². The van der Waals surface area contributed by atoms with Crippen LogP contribution in [0.3, 0.4) is 0 Å². The molecule has 0 spiro atoms. The molecule has 1 aromatic rings. The molecule has 18 heavy (non-hydrogen) atoms. The molecular weight excluding hydrogens is 252 g/mol. The fourth-order valence-corrected chi connectivity index (χ4v) is 2.69. The highest BCUT2D eigenvalue weighted by molar-refractivity contribution is 7.84. The van der Waals surface area contributed by atoms with Crippen molar-refractivity contribution < 1.29 is 9.00 Å². The van der Waals surface area contributed by atoms with Gasteiger partial charge >= 0.3 is 0 Å². The zero-order valence-corrected chi connectivity index (χ0v) is 11.3. The van der Waals surface area contributed by atoms with Crippen molar-refractivity contribution in [1.29, 1.82) is 0 Å². The number of hydrogen-bond acceptors (Lipinski definition) is 4. The van der Waals surface area contributed by atoms with Gasteiger partial charge in [0.15, 0.2) is 5.69 Å². The molecular formula is C11H18N4O2S. The van der Waals surface area contributed by atoms with Gasteiger partial charge in [-0.15, -0.1) is 0 Å². The van der Waals surface area contributed by atoms with E-state index in [0.29, 0.717) is 17.4 Å². The Morgan fingerprint density at radius 3 is 2.89 bits per heavy atom. The largest absolute Gasteiger partial charge is 0.395 e. The third-order valence-electron chi connectivity index (χ3n) is 2.90. The number of nitrogens with two attached hydrogens (primary N) is 1. The van der Waals surface area contributed by atoms with E-state index in [-0.39, 0.29) is 17.6 Å². The van der Waals surface area contributed by atoms with E-state index >= 15 is 0 Å². The molecule has 1 aromatic heterocycles. The monoisotopic (exact) mass is 270 g/mol. The summed E-state index contributed by atoms with van der Waals surface area (Å²) in [7, 11) is -0.940. The van der Waals surface area contributed by atoms with Gasteiger partial charge in [-0.25, -0.2) is 0 Å². The molecule has 0 saturated heterocycles. The van der Waals surface area contributed by atoms with Gasteiger partial charge in [0, 0.05) is 34.8 Å². The number of nitrogen functional groups attached to an aromatic ring is 1. The van der Waals surface area contributed by atoms with Gasteiger partial charge in [-0.2, -0.15) is 5.10 Å². The standard InChI is InChI=1S/C11H18N4O2S/c1-6(5-18(2)17)13-11(16)10-8(12)9(14-15-10)7-3-4-7/h6-7H,3-5,12H2,1-2H3,(H,13,16)(H,14,15). The van der Waals surface area contributed by atoms with E-state index in [4.69, 9.17) is 5.73 Å². The molecule has 6 nitrogen and oxygen atoms in total. The number of H-pyrrole nitrogens is 1. The summed E-state index contributed by atoms with van der Waals surface area (Å²) in [5.74, 6) is 0.541. The highest BCUT2D eigenvalue weighted by atomic mass is 32.2. The number of anilines is 1. The number of hydrogen-bond donors (Lipinski definition) is 3. The van der Waals surface area contributed by atoms with E-state index in [0.717, 1.165) is 18.5 Å². The topological polar surface area (TPSA) is 101 Å². The maximum Gasteiger partial charge on any atom is 0.274 e. The lowest BCUT2D eigenvalue weighted by molar-refractivity contribution is 0.0939. The molecule has 1 aliphatic rings. The Balaban J connectivity index is 2.02. The van der Waals surface area contributed by atoms with E-state index in [1.807, 2.05) is 6.92 Å². The van der Waals surface area contributed by atoms with Crippen molar-refractivity contribution in [2.75, 3.05) is 17.7 Å². The number of amides is 1. The molecule has 100 valence electrons. The van der Waals surface area contributed by atoms with Crippen LogP contribution in [-0.4, -0.2) is 38.4 Å². The normalized spacial score (nSPS) is 18.3. The second kappa shape index (κ2) is 5.09. The highest BCUT2D eigenvalue weighted by Crippen LogP contribution is 2.42. The number of aromatic nitrogens is 2. The Kier molecular flexibility index (Phi) is 3.70. The minimum Gasteiger partial charge on any atom is -0.395 e. The van der Waals surface area contributed by atoms with Gasteiger partial charge in [0.1, 0.15) is 0 Å². The quantitative estimate of drug-likeness (QED) is 0.719. The van der Waals surface area contributed by atoms with Crippen molar-refractivity contribution >= 4 is 22.4 Å². The van der Waals surface area contributed by atoms with Crippen LogP contribution in [0, 0.1) is 0 Å². The Hall–Kier alpha value is -1.37. The minimum absolute atomic E-state index is 0.163. The Labute approximate surface area is 108 Å². The number of nitrogens with one attached hydrogen (secondary N) is 2. The molecule has 7 heteroatoms. The van der Waals surface area contributed by atoms with Crippen molar-refractivity contribution in [2.24, 2.45) is 0 Å². The predicted molar refractivity (Wildman–Crippen MR) is 70.8 cm³/mol. The number of carbonyl (C=O) groups excluding carboxylic acids is 1. The molecule has 0 aliphatic heterocycles. The van der Waals surface area contributed by atoms with E-state index in [2.05, 4.69) is 15.5 Å². The van der Waals surface area contributed by atoms with Crippen LogP contribution in [0.5, 0.6) is 0 Å². The van der Waals surface area contributed by atoms with Crippen LogP contribution in [0.4, 0.5) is 5.69 Å². The highest BCUT2D eigenvalue weighted by Gasteiger charge is 2.30. The first kappa shape index (κ1) is 13.1. The second-order valence-corrected chi connectivity index (χ2v) is 6.27. The van der Waals surface area contributed by atoms with Gasteiger partial charge in [0.2, 0.25) is 0 Å². The van der Waals surface area contributed by atoms with Crippen molar-refractivity contribution in [2.45, 2.75) is 31.7 Å². The Morgan fingerprint density at radius 1 is 1.67 bits per heavy atom. The first-order valence-corrected chi connectivity index (χ1v) is 7.66. The SMILES string of the molecule is CC(CS(C)=O)NC(=O)c1n[nH]c(C2CC2)c1N. The zero-order chi connectivity index (χ0) is 13.3. The summed E-state index contributed by atoms with van der Waals surface area (Å²) >= 11 is 0. The molecule has 4 N–H and O–H groups in total. The molecule has 2 atom stereocenters. The molecule has 1 amide bonds. The predicted octanol–water partition coefficient (Wildman–Crippen LogP) is 0.366. The molecule has 0 radical (unpaired) electrons. The second-order valence-electron chi connectivity index (χ2n) is 4.79. The lowest BCUT2D eigenvalue weighted by Crippen LogP contribution is -2.36. The van der Waals surface area contributed by atoms with Crippen LogP contribution in [0.25, 0.3) is 0 Å². The third-order valence-corrected chi connectivity index (χ3v) is 3.87. The maximum atomic E-state index is 11.9. The van der Waals surface area contributed by atoms with Crippen molar-refractivity contribution in [3.05, 3.63) is 11.4 Å². The molecule has 0 bridgehead atoms. The van der Waals surface area contributed by atoms with Crippen molar-refractivity contribution in [3.63, 3.8) is 0 Å². The summed E-state index contributed by atoms with van der Waals surface area (Å²) < 4.78 is 11.1. The van der Waals surface area contributed by atoms with E-state index in [1.54, 1.807) is 6.26 Å².